The van der Waals surface area contributed by atoms with Crippen LogP contribution in [0.3, 0.4) is 0 Å². The van der Waals surface area contributed by atoms with Gasteiger partial charge in [0.2, 0.25) is 5.89 Å². The van der Waals surface area contributed by atoms with Gasteiger partial charge in [-0.1, -0.05) is 5.16 Å². The van der Waals surface area contributed by atoms with Crippen LogP contribution in [0, 0.1) is 17.4 Å². The molecule has 6 heteroatoms. The molecule has 1 fully saturated rings. The molecule has 0 amide bonds. The van der Waals surface area contributed by atoms with E-state index in [0.717, 1.165) is 31.2 Å². The smallest absolute Gasteiger partial charge is 0.231 e. The predicted molar refractivity (Wildman–Crippen MR) is 80.3 cm³/mol. The van der Waals surface area contributed by atoms with Gasteiger partial charge in [0.05, 0.1) is 9.49 Å². The van der Waals surface area contributed by atoms with Crippen LogP contribution in [-0.2, 0) is 0 Å². The van der Waals surface area contributed by atoms with Crippen LogP contribution in [0.5, 0.6) is 0 Å². The Morgan fingerprint density at radius 1 is 1.42 bits per heavy atom. The van der Waals surface area contributed by atoms with Gasteiger partial charge in [0.1, 0.15) is 5.82 Å². The summed E-state index contributed by atoms with van der Waals surface area (Å²) in [5.41, 5.74) is 1.19. The molecule has 19 heavy (non-hydrogen) atoms. The summed E-state index contributed by atoms with van der Waals surface area (Å²) >= 11 is 2.35. The third kappa shape index (κ3) is 2.58. The predicted octanol–water partition coefficient (Wildman–Crippen LogP) is 2.68. The lowest BCUT2D eigenvalue weighted by Crippen LogP contribution is -2.21. The van der Waals surface area contributed by atoms with Gasteiger partial charge in [0.25, 0.3) is 0 Å². The maximum absolute atomic E-state index is 5.27. The number of halogens is 1. The van der Waals surface area contributed by atoms with Crippen molar-refractivity contribution < 1.29 is 4.52 Å². The Balaban J connectivity index is 1.78. The van der Waals surface area contributed by atoms with Crippen LogP contribution < -0.4 is 4.90 Å². The van der Waals surface area contributed by atoms with Crippen molar-refractivity contribution in [1.82, 2.24) is 15.1 Å². The number of hydrogen-bond acceptors (Lipinski definition) is 5. The van der Waals surface area contributed by atoms with Crippen molar-refractivity contribution in [3.63, 3.8) is 0 Å². The van der Waals surface area contributed by atoms with Gasteiger partial charge in [-0.25, -0.2) is 4.98 Å². The molecule has 1 saturated heterocycles. The van der Waals surface area contributed by atoms with Crippen molar-refractivity contribution in [1.29, 1.82) is 0 Å². The average molecular weight is 370 g/mol. The first kappa shape index (κ1) is 12.8. The van der Waals surface area contributed by atoms with Crippen molar-refractivity contribution >= 4 is 28.4 Å². The van der Waals surface area contributed by atoms with Crippen LogP contribution in [0.2, 0.25) is 0 Å². The SMILES string of the molecule is Cc1cnc(N2CCC(c3nc(C)no3)C2)c(I)c1. The summed E-state index contributed by atoms with van der Waals surface area (Å²) in [7, 11) is 0. The molecule has 0 aliphatic carbocycles. The molecule has 1 unspecified atom stereocenters. The normalized spacial score (nSPS) is 19.1. The molecular formula is C13H15IN4O. The van der Waals surface area contributed by atoms with Crippen LogP contribution in [0.1, 0.15) is 29.6 Å². The summed E-state index contributed by atoms with van der Waals surface area (Å²) in [4.78, 5) is 11.2. The van der Waals surface area contributed by atoms with Gasteiger partial charge in [-0.2, -0.15) is 4.98 Å². The number of pyridine rings is 1. The minimum absolute atomic E-state index is 0.320. The molecule has 100 valence electrons. The van der Waals surface area contributed by atoms with Crippen LogP contribution in [0.15, 0.2) is 16.8 Å². The van der Waals surface area contributed by atoms with E-state index in [-0.39, 0.29) is 0 Å². The molecule has 2 aromatic heterocycles. The molecule has 0 radical (unpaired) electrons. The van der Waals surface area contributed by atoms with Gasteiger partial charge in [0.15, 0.2) is 5.82 Å². The minimum atomic E-state index is 0.320. The van der Waals surface area contributed by atoms with Crippen LogP contribution in [-0.4, -0.2) is 28.2 Å². The lowest BCUT2D eigenvalue weighted by atomic mass is 10.1. The zero-order chi connectivity index (χ0) is 13.4. The molecule has 0 spiro atoms. The number of nitrogens with zero attached hydrogens (tertiary/aromatic N) is 4. The summed E-state index contributed by atoms with van der Waals surface area (Å²) in [6.07, 6.45) is 2.95. The lowest BCUT2D eigenvalue weighted by Gasteiger charge is -2.18. The Hall–Kier alpha value is -1.18. The fourth-order valence-electron chi connectivity index (χ4n) is 2.39. The highest BCUT2D eigenvalue weighted by Crippen LogP contribution is 2.31. The third-order valence-electron chi connectivity index (χ3n) is 3.34. The summed E-state index contributed by atoms with van der Waals surface area (Å²) in [5, 5.41) is 3.87. The quantitative estimate of drug-likeness (QED) is 0.761. The van der Waals surface area contributed by atoms with Crippen LogP contribution in [0.25, 0.3) is 0 Å². The number of rotatable bonds is 2. The van der Waals surface area contributed by atoms with E-state index in [0.29, 0.717) is 11.7 Å². The second-order valence-corrected chi connectivity index (χ2v) is 6.09. The van der Waals surface area contributed by atoms with Crippen molar-refractivity contribution in [2.45, 2.75) is 26.2 Å². The maximum Gasteiger partial charge on any atom is 0.231 e. The van der Waals surface area contributed by atoms with Crippen LogP contribution in [0.4, 0.5) is 5.82 Å². The largest absolute Gasteiger partial charge is 0.355 e. The fourth-order valence-corrected chi connectivity index (χ4v) is 3.36. The second kappa shape index (κ2) is 5.07. The first-order valence-corrected chi connectivity index (χ1v) is 7.38. The zero-order valence-corrected chi connectivity index (χ0v) is 13.1. The summed E-state index contributed by atoms with van der Waals surface area (Å²) in [6, 6.07) is 2.16. The first-order chi connectivity index (χ1) is 9.13. The van der Waals surface area contributed by atoms with E-state index in [1.165, 1.54) is 9.13 Å². The van der Waals surface area contributed by atoms with Crippen LogP contribution >= 0.6 is 22.6 Å². The van der Waals surface area contributed by atoms with Crippen molar-refractivity contribution in [3.05, 3.63) is 33.1 Å². The van der Waals surface area contributed by atoms with Crippen molar-refractivity contribution in [2.75, 3.05) is 18.0 Å². The standard InChI is InChI=1S/C13H15IN4O/c1-8-5-11(14)12(15-6-8)18-4-3-10(7-18)13-16-9(2)17-19-13/h5-6,10H,3-4,7H2,1-2H3. The molecule has 5 nitrogen and oxygen atoms in total. The Kier molecular flexibility index (Phi) is 3.42. The van der Waals surface area contributed by atoms with Gasteiger partial charge < -0.3 is 9.42 Å². The lowest BCUT2D eigenvalue weighted by molar-refractivity contribution is 0.356. The van der Waals surface area contributed by atoms with Gasteiger partial charge >= 0.3 is 0 Å². The Morgan fingerprint density at radius 2 is 2.26 bits per heavy atom. The van der Waals surface area contributed by atoms with E-state index in [1.54, 1.807) is 0 Å². The molecule has 3 rings (SSSR count). The van der Waals surface area contributed by atoms with E-state index in [9.17, 15) is 0 Å². The third-order valence-corrected chi connectivity index (χ3v) is 4.13. The summed E-state index contributed by atoms with van der Waals surface area (Å²) in [6.45, 7) is 5.79. The molecular weight excluding hydrogens is 355 g/mol. The Bertz CT molecular complexity index is 598. The molecule has 1 aliphatic heterocycles. The van der Waals surface area contributed by atoms with Crippen molar-refractivity contribution in [3.8, 4) is 0 Å². The molecule has 0 aromatic carbocycles. The highest BCUT2D eigenvalue weighted by atomic mass is 127. The van der Waals surface area contributed by atoms with Gasteiger partial charge in [0, 0.05) is 19.3 Å². The Labute approximate surface area is 125 Å². The molecule has 2 aromatic rings. The summed E-state index contributed by atoms with van der Waals surface area (Å²) < 4.78 is 6.47. The van der Waals surface area contributed by atoms with E-state index in [1.807, 2.05) is 13.1 Å². The maximum atomic E-state index is 5.27. The number of anilines is 1. The van der Waals surface area contributed by atoms with E-state index in [4.69, 9.17) is 4.52 Å². The Morgan fingerprint density at radius 3 is 2.95 bits per heavy atom. The average Bonchev–Trinajstić information content (AvgIpc) is 2.97. The molecule has 1 atom stereocenters. The minimum Gasteiger partial charge on any atom is -0.355 e. The highest BCUT2D eigenvalue weighted by molar-refractivity contribution is 14.1. The van der Waals surface area contributed by atoms with Crippen molar-refractivity contribution in [2.24, 2.45) is 0 Å². The monoisotopic (exact) mass is 370 g/mol. The molecule has 0 saturated carbocycles. The number of aromatic nitrogens is 3. The fraction of sp³-hybridized carbons (Fsp3) is 0.462. The summed E-state index contributed by atoms with van der Waals surface area (Å²) in [5.74, 6) is 2.84. The molecule has 0 bridgehead atoms. The number of hydrogen-bond donors (Lipinski definition) is 0. The molecule has 0 N–H and O–H groups in total. The molecule has 1 aliphatic rings. The molecule has 3 heterocycles. The topological polar surface area (TPSA) is 55.1 Å². The first-order valence-electron chi connectivity index (χ1n) is 6.31. The number of aryl methyl sites for hydroxylation is 2. The van der Waals surface area contributed by atoms with E-state index in [2.05, 4.69) is 55.6 Å². The second-order valence-electron chi connectivity index (χ2n) is 4.93. The highest BCUT2D eigenvalue weighted by Gasteiger charge is 2.29. The van der Waals surface area contributed by atoms with E-state index >= 15 is 0 Å². The van der Waals surface area contributed by atoms with Gasteiger partial charge in [-0.15, -0.1) is 0 Å². The van der Waals surface area contributed by atoms with E-state index < -0.39 is 0 Å². The van der Waals surface area contributed by atoms with Gasteiger partial charge in [-0.3, -0.25) is 0 Å². The van der Waals surface area contributed by atoms with Gasteiger partial charge in [-0.05, 0) is 54.5 Å². The zero-order valence-electron chi connectivity index (χ0n) is 10.9.